The maximum absolute atomic E-state index is 13.8. The van der Waals surface area contributed by atoms with Crippen LogP contribution in [0.25, 0.3) is 6.08 Å². The monoisotopic (exact) mass is 338 g/mol. The average Bonchev–Trinajstić information content (AvgIpc) is 2.55. The van der Waals surface area contributed by atoms with Crippen LogP contribution in [0.3, 0.4) is 0 Å². The summed E-state index contributed by atoms with van der Waals surface area (Å²) in [7, 11) is 1.37. The highest BCUT2D eigenvalue weighted by atomic mass is 19.1. The molecule has 0 fully saturated rings. The molecule has 5 heteroatoms. The standard InChI is InChI=1S/C20H19FN2O2/c1-12-7-13(2)19(14(3)8-12)23-20(24)16(11-22)9-15-5-6-18(25-4)17(21)10-15/h5-10H,1-4H3,(H,23,24)/b16-9+. The smallest absolute Gasteiger partial charge is 0.266 e. The number of ether oxygens (including phenoxy) is 1. The van der Waals surface area contributed by atoms with Crippen LogP contribution < -0.4 is 10.1 Å². The third-order valence-corrected chi connectivity index (χ3v) is 3.77. The van der Waals surface area contributed by atoms with E-state index < -0.39 is 11.7 Å². The Bertz CT molecular complexity index is 872. The minimum Gasteiger partial charge on any atom is -0.494 e. The van der Waals surface area contributed by atoms with Crippen molar-refractivity contribution in [3.05, 3.63) is 64.0 Å². The van der Waals surface area contributed by atoms with Gasteiger partial charge in [0.05, 0.1) is 7.11 Å². The van der Waals surface area contributed by atoms with Crippen molar-refractivity contribution in [1.82, 2.24) is 0 Å². The van der Waals surface area contributed by atoms with Crippen LogP contribution in [-0.2, 0) is 4.79 Å². The van der Waals surface area contributed by atoms with Crippen LogP contribution in [-0.4, -0.2) is 13.0 Å². The molecule has 4 nitrogen and oxygen atoms in total. The number of nitrogens with one attached hydrogen (secondary N) is 1. The molecule has 0 aliphatic rings. The zero-order valence-electron chi connectivity index (χ0n) is 14.6. The summed E-state index contributed by atoms with van der Waals surface area (Å²) in [6.07, 6.45) is 1.34. The minimum absolute atomic E-state index is 0.103. The molecule has 2 aromatic carbocycles. The molecule has 0 saturated heterocycles. The molecular weight excluding hydrogens is 319 g/mol. The van der Waals surface area contributed by atoms with E-state index in [1.165, 1.54) is 25.3 Å². The van der Waals surface area contributed by atoms with E-state index in [-0.39, 0.29) is 11.3 Å². The first kappa shape index (κ1) is 18.2. The van der Waals surface area contributed by atoms with Crippen LogP contribution in [0.5, 0.6) is 5.75 Å². The molecule has 128 valence electrons. The minimum atomic E-state index is -0.556. The second kappa shape index (κ2) is 7.63. The van der Waals surface area contributed by atoms with E-state index in [2.05, 4.69) is 5.32 Å². The number of halogens is 1. The van der Waals surface area contributed by atoms with E-state index in [9.17, 15) is 14.4 Å². The fourth-order valence-corrected chi connectivity index (χ4v) is 2.65. The zero-order chi connectivity index (χ0) is 18.6. The largest absolute Gasteiger partial charge is 0.494 e. The molecule has 0 atom stereocenters. The number of carbonyl (C=O) groups is 1. The van der Waals surface area contributed by atoms with Crippen molar-refractivity contribution < 1.29 is 13.9 Å². The molecule has 2 rings (SSSR count). The van der Waals surface area contributed by atoms with Crippen LogP contribution in [0.1, 0.15) is 22.3 Å². The third kappa shape index (κ3) is 4.24. The molecule has 0 bridgehead atoms. The molecule has 0 aromatic heterocycles. The highest BCUT2D eigenvalue weighted by molar-refractivity contribution is 6.10. The zero-order valence-corrected chi connectivity index (χ0v) is 14.6. The van der Waals surface area contributed by atoms with Gasteiger partial charge in [-0.1, -0.05) is 23.8 Å². The molecule has 0 saturated carbocycles. The number of hydrogen-bond acceptors (Lipinski definition) is 3. The molecule has 0 aliphatic carbocycles. The van der Waals surface area contributed by atoms with Gasteiger partial charge >= 0.3 is 0 Å². The first-order chi connectivity index (χ1) is 11.8. The Labute approximate surface area is 146 Å². The predicted molar refractivity (Wildman–Crippen MR) is 95.8 cm³/mol. The Morgan fingerprint density at radius 3 is 2.36 bits per heavy atom. The quantitative estimate of drug-likeness (QED) is 0.667. The Morgan fingerprint density at radius 2 is 1.84 bits per heavy atom. The van der Waals surface area contributed by atoms with Gasteiger partial charge in [-0.2, -0.15) is 5.26 Å². The number of hydrogen-bond donors (Lipinski definition) is 1. The number of methoxy groups -OCH3 is 1. The number of amides is 1. The summed E-state index contributed by atoms with van der Waals surface area (Å²) in [5, 5.41) is 12.1. The van der Waals surface area contributed by atoms with Gasteiger partial charge in [-0.3, -0.25) is 4.79 Å². The van der Waals surface area contributed by atoms with Crippen molar-refractivity contribution >= 4 is 17.7 Å². The Morgan fingerprint density at radius 1 is 1.20 bits per heavy atom. The number of rotatable bonds is 4. The van der Waals surface area contributed by atoms with Gasteiger partial charge in [0.2, 0.25) is 0 Å². The molecule has 0 aliphatic heterocycles. The highest BCUT2D eigenvalue weighted by Gasteiger charge is 2.13. The predicted octanol–water partition coefficient (Wildman–Crippen LogP) is 4.31. The van der Waals surface area contributed by atoms with Crippen molar-refractivity contribution in [3.8, 4) is 11.8 Å². The Balaban J connectivity index is 2.30. The average molecular weight is 338 g/mol. The Kier molecular flexibility index (Phi) is 5.56. The van der Waals surface area contributed by atoms with Gasteiger partial charge in [0.1, 0.15) is 11.6 Å². The lowest BCUT2D eigenvalue weighted by Crippen LogP contribution is -2.15. The fourth-order valence-electron chi connectivity index (χ4n) is 2.65. The SMILES string of the molecule is COc1ccc(/C=C(\C#N)C(=O)Nc2c(C)cc(C)cc2C)cc1F. The molecule has 1 N–H and O–H groups in total. The van der Waals surface area contributed by atoms with E-state index in [1.807, 2.05) is 39.0 Å². The van der Waals surface area contributed by atoms with Gasteiger partial charge in [-0.15, -0.1) is 0 Å². The van der Waals surface area contributed by atoms with Crippen LogP contribution in [0.15, 0.2) is 35.9 Å². The lowest BCUT2D eigenvalue weighted by molar-refractivity contribution is -0.112. The summed E-state index contributed by atoms with van der Waals surface area (Å²) in [5.74, 6) is -0.987. The second-order valence-electron chi connectivity index (χ2n) is 5.79. The van der Waals surface area contributed by atoms with Gasteiger partial charge in [-0.05, 0) is 55.7 Å². The van der Waals surface area contributed by atoms with Crippen molar-refractivity contribution in [2.45, 2.75) is 20.8 Å². The summed E-state index contributed by atoms with van der Waals surface area (Å²) in [5.41, 5.74) is 3.90. The summed E-state index contributed by atoms with van der Waals surface area (Å²) < 4.78 is 18.6. The maximum atomic E-state index is 13.8. The fraction of sp³-hybridized carbons (Fsp3) is 0.200. The summed E-state index contributed by atoms with van der Waals surface area (Å²) >= 11 is 0. The lowest BCUT2D eigenvalue weighted by Gasteiger charge is -2.12. The van der Waals surface area contributed by atoms with E-state index in [0.29, 0.717) is 11.3 Å². The van der Waals surface area contributed by atoms with Gasteiger partial charge in [0, 0.05) is 5.69 Å². The van der Waals surface area contributed by atoms with Crippen LogP contribution >= 0.6 is 0 Å². The van der Waals surface area contributed by atoms with Crippen molar-refractivity contribution in [3.63, 3.8) is 0 Å². The number of anilines is 1. The van der Waals surface area contributed by atoms with Crippen LogP contribution in [0.4, 0.5) is 10.1 Å². The molecule has 25 heavy (non-hydrogen) atoms. The van der Waals surface area contributed by atoms with Crippen LogP contribution in [0.2, 0.25) is 0 Å². The first-order valence-corrected chi connectivity index (χ1v) is 7.70. The summed E-state index contributed by atoms with van der Waals surface area (Å²) in [6.45, 7) is 5.76. The summed E-state index contributed by atoms with van der Waals surface area (Å²) in [4.78, 5) is 12.4. The highest BCUT2D eigenvalue weighted by Crippen LogP contribution is 2.23. The maximum Gasteiger partial charge on any atom is 0.266 e. The van der Waals surface area contributed by atoms with E-state index in [4.69, 9.17) is 4.74 Å². The van der Waals surface area contributed by atoms with Crippen molar-refractivity contribution in [2.75, 3.05) is 12.4 Å². The van der Waals surface area contributed by atoms with Gasteiger partial charge in [-0.25, -0.2) is 4.39 Å². The molecule has 0 spiro atoms. The second-order valence-corrected chi connectivity index (χ2v) is 5.79. The van der Waals surface area contributed by atoms with E-state index >= 15 is 0 Å². The normalized spacial score (nSPS) is 11.0. The molecule has 0 unspecified atom stereocenters. The van der Waals surface area contributed by atoms with E-state index in [1.54, 1.807) is 6.07 Å². The number of benzene rings is 2. The molecule has 0 heterocycles. The molecular formula is C20H19FN2O2. The Hall–Kier alpha value is -3.13. The lowest BCUT2D eigenvalue weighted by atomic mass is 10.0. The molecule has 2 aromatic rings. The topological polar surface area (TPSA) is 62.1 Å². The van der Waals surface area contributed by atoms with Gasteiger partial charge in [0.15, 0.2) is 11.6 Å². The van der Waals surface area contributed by atoms with Crippen molar-refractivity contribution in [1.29, 1.82) is 5.26 Å². The van der Waals surface area contributed by atoms with Gasteiger partial charge in [0.25, 0.3) is 5.91 Å². The van der Waals surface area contributed by atoms with Crippen LogP contribution in [0, 0.1) is 37.9 Å². The summed E-state index contributed by atoms with van der Waals surface area (Å²) in [6, 6.07) is 10.0. The number of carbonyl (C=O) groups excluding carboxylic acids is 1. The number of nitriles is 1. The van der Waals surface area contributed by atoms with E-state index in [0.717, 1.165) is 16.7 Å². The van der Waals surface area contributed by atoms with Gasteiger partial charge < -0.3 is 10.1 Å². The first-order valence-electron chi connectivity index (χ1n) is 7.70. The number of nitrogens with zero attached hydrogens (tertiary/aromatic N) is 1. The third-order valence-electron chi connectivity index (χ3n) is 3.77. The number of aryl methyl sites for hydroxylation is 3. The molecule has 0 radical (unpaired) electrons. The molecule has 1 amide bonds. The van der Waals surface area contributed by atoms with Crippen molar-refractivity contribution in [2.24, 2.45) is 0 Å².